The van der Waals surface area contributed by atoms with Crippen molar-refractivity contribution >= 4 is 21.9 Å². The quantitative estimate of drug-likeness (QED) is 0.617. The van der Waals surface area contributed by atoms with Crippen molar-refractivity contribution in [2.75, 3.05) is 6.61 Å². The zero-order valence-corrected chi connectivity index (χ0v) is 9.30. The third-order valence-corrected chi connectivity index (χ3v) is 2.33. The molecule has 0 amide bonds. The molecule has 0 saturated heterocycles. The molecule has 0 spiro atoms. The maximum absolute atomic E-state index is 13.2. The van der Waals surface area contributed by atoms with Gasteiger partial charge in [0.2, 0.25) is 0 Å². The number of hydrogen-bond donors (Lipinski definition) is 0. The van der Waals surface area contributed by atoms with E-state index in [0.29, 0.717) is 5.33 Å². The van der Waals surface area contributed by atoms with Gasteiger partial charge in [0.1, 0.15) is 5.82 Å². The molecule has 0 atom stereocenters. The van der Waals surface area contributed by atoms with Gasteiger partial charge < -0.3 is 4.74 Å². The molecule has 0 N–H and O–H groups in total. The van der Waals surface area contributed by atoms with Crippen molar-refractivity contribution in [3.63, 3.8) is 0 Å². The van der Waals surface area contributed by atoms with Crippen molar-refractivity contribution in [1.82, 2.24) is 0 Å². The molecule has 2 nitrogen and oxygen atoms in total. The van der Waals surface area contributed by atoms with Gasteiger partial charge in [0.15, 0.2) is 0 Å². The molecular formula is C10H10BrFO2. The number of carbonyl (C=O) groups excluding carboxylic acids is 1. The standard InChI is InChI=1S/C10H10BrFO2/c1-2-14-10(13)8-5-7(6-11)3-4-9(8)12/h3-5H,2,6H2,1H3. The molecule has 14 heavy (non-hydrogen) atoms. The minimum Gasteiger partial charge on any atom is -0.462 e. The fourth-order valence-electron chi connectivity index (χ4n) is 1.02. The molecule has 0 aromatic heterocycles. The first-order chi connectivity index (χ1) is 6.69. The minimum absolute atomic E-state index is 0.0104. The second-order valence-corrected chi connectivity index (χ2v) is 3.23. The third-order valence-electron chi connectivity index (χ3n) is 1.68. The summed E-state index contributed by atoms with van der Waals surface area (Å²) in [6.45, 7) is 1.93. The number of benzene rings is 1. The van der Waals surface area contributed by atoms with Crippen LogP contribution in [0.4, 0.5) is 4.39 Å². The summed E-state index contributed by atoms with van der Waals surface area (Å²) in [6, 6.07) is 4.37. The molecule has 0 fully saturated rings. The predicted octanol–water partition coefficient (Wildman–Crippen LogP) is 2.90. The molecule has 0 heterocycles. The number of alkyl halides is 1. The molecule has 0 aliphatic rings. The van der Waals surface area contributed by atoms with Crippen LogP contribution in [0.2, 0.25) is 0 Å². The highest BCUT2D eigenvalue weighted by atomic mass is 79.9. The first-order valence-corrected chi connectivity index (χ1v) is 5.32. The number of hydrogen-bond acceptors (Lipinski definition) is 2. The van der Waals surface area contributed by atoms with Crippen LogP contribution in [0.25, 0.3) is 0 Å². The number of ether oxygens (including phenoxy) is 1. The number of halogens is 2. The van der Waals surface area contributed by atoms with Gasteiger partial charge in [0, 0.05) is 5.33 Å². The maximum atomic E-state index is 13.2. The van der Waals surface area contributed by atoms with E-state index in [0.717, 1.165) is 5.56 Å². The topological polar surface area (TPSA) is 26.3 Å². The Labute approximate surface area is 90.2 Å². The van der Waals surface area contributed by atoms with Gasteiger partial charge in [-0.25, -0.2) is 9.18 Å². The number of rotatable bonds is 3. The van der Waals surface area contributed by atoms with Crippen molar-refractivity contribution in [3.05, 3.63) is 35.1 Å². The molecular weight excluding hydrogens is 251 g/mol. The van der Waals surface area contributed by atoms with Crippen LogP contribution < -0.4 is 0 Å². The fourth-order valence-corrected chi connectivity index (χ4v) is 1.37. The van der Waals surface area contributed by atoms with Gasteiger partial charge in [0.25, 0.3) is 0 Å². The Hall–Kier alpha value is -0.900. The Kier molecular flexibility index (Phi) is 4.07. The average molecular weight is 261 g/mol. The Morgan fingerprint density at radius 1 is 1.57 bits per heavy atom. The zero-order chi connectivity index (χ0) is 10.6. The van der Waals surface area contributed by atoms with Crippen LogP contribution in [-0.4, -0.2) is 12.6 Å². The molecule has 4 heteroatoms. The van der Waals surface area contributed by atoms with E-state index in [9.17, 15) is 9.18 Å². The summed E-state index contributed by atoms with van der Waals surface area (Å²) in [7, 11) is 0. The third kappa shape index (κ3) is 2.54. The molecule has 1 aromatic carbocycles. The van der Waals surface area contributed by atoms with Crippen molar-refractivity contribution < 1.29 is 13.9 Å². The summed E-state index contributed by atoms with van der Waals surface area (Å²) < 4.78 is 17.9. The lowest BCUT2D eigenvalue weighted by Crippen LogP contribution is -2.07. The van der Waals surface area contributed by atoms with Gasteiger partial charge in [-0.05, 0) is 24.6 Å². The van der Waals surface area contributed by atoms with Crippen LogP contribution in [0.15, 0.2) is 18.2 Å². The Balaban J connectivity index is 2.99. The van der Waals surface area contributed by atoms with E-state index < -0.39 is 11.8 Å². The summed E-state index contributed by atoms with van der Waals surface area (Å²) in [5.74, 6) is -1.17. The van der Waals surface area contributed by atoms with Crippen LogP contribution in [0, 0.1) is 5.82 Å². The smallest absolute Gasteiger partial charge is 0.341 e. The summed E-state index contributed by atoms with van der Waals surface area (Å²) in [5, 5.41) is 0.583. The van der Waals surface area contributed by atoms with E-state index in [1.165, 1.54) is 12.1 Å². The van der Waals surface area contributed by atoms with Crippen molar-refractivity contribution in [3.8, 4) is 0 Å². The number of esters is 1. The van der Waals surface area contributed by atoms with Crippen LogP contribution in [0.5, 0.6) is 0 Å². The molecule has 0 bridgehead atoms. The molecule has 0 unspecified atom stereocenters. The Bertz CT molecular complexity index is 339. The van der Waals surface area contributed by atoms with Gasteiger partial charge in [-0.1, -0.05) is 22.0 Å². The van der Waals surface area contributed by atoms with Gasteiger partial charge in [-0.3, -0.25) is 0 Å². The highest BCUT2D eigenvalue weighted by Gasteiger charge is 2.12. The molecule has 0 saturated carbocycles. The average Bonchev–Trinajstić information content (AvgIpc) is 2.19. The van der Waals surface area contributed by atoms with Crippen molar-refractivity contribution in [2.24, 2.45) is 0 Å². The van der Waals surface area contributed by atoms with Crippen LogP contribution in [0.3, 0.4) is 0 Å². The fraction of sp³-hybridized carbons (Fsp3) is 0.300. The van der Waals surface area contributed by atoms with E-state index in [1.807, 2.05) is 0 Å². The molecule has 1 aromatic rings. The molecule has 0 aliphatic carbocycles. The van der Waals surface area contributed by atoms with E-state index in [1.54, 1.807) is 13.0 Å². The lowest BCUT2D eigenvalue weighted by Gasteiger charge is -2.04. The van der Waals surface area contributed by atoms with E-state index in [2.05, 4.69) is 15.9 Å². The first kappa shape index (κ1) is 11.2. The van der Waals surface area contributed by atoms with Gasteiger partial charge in [-0.2, -0.15) is 0 Å². The van der Waals surface area contributed by atoms with Crippen molar-refractivity contribution in [1.29, 1.82) is 0 Å². The largest absolute Gasteiger partial charge is 0.462 e. The predicted molar refractivity (Wildman–Crippen MR) is 55.0 cm³/mol. The van der Waals surface area contributed by atoms with Gasteiger partial charge >= 0.3 is 5.97 Å². The van der Waals surface area contributed by atoms with Crippen LogP contribution in [0.1, 0.15) is 22.8 Å². The molecule has 76 valence electrons. The summed E-state index contributed by atoms with van der Waals surface area (Å²) >= 11 is 3.23. The zero-order valence-electron chi connectivity index (χ0n) is 7.72. The summed E-state index contributed by atoms with van der Waals surface area (Å²) in [4.78, 5) is 11.3. The van der Waals surface area contributed by atoms with E-state index in [4.69, 9.17) is 4.74 Å². The van der Waals surface area contributed by atoms with Gasteiger partial charge in [-0.15, -0.1) is 0 Å². The molecule has 0 radical (unpaired) electrons. The Morgan fingerprint density at radius 3 is 2.86 bits per heavy atom. The first-order valence-electron chi connectivity index (χ1n) is 4.20. The SMILES string of the molecule is CCOC(=O)c1cc(CBr)ccc1F. The molecule has 1 rings (SSSR count). The minimum atomic E-state index is -0.618. The monoisotopic (exact) mass is 260 g/mol. The van der Waals surface area contributed by atoms with Crippen molar-refractivity contribution in [2.45, 2.75) is 12.3 Å². The summed E-state index contributed by atoms with van der Waals surface area (Å²) in [6.07, 6.45) is 0. The lowest BCUT2D eigenvalue weighted by atomic mass is 10.1. The highest BCUT2D eigenvalue weighted by Crippen LogP contribution is 2.14. The van der Waals surface area contributed by atoms with Crippen LogP contribution in [-0.2, 0) is 10.1 Å². The maximum Gasteiger partial charge on any atom is 0.341 e. The van der Waals surface area contributed by atoms with E-state index >= 15 is 0 Å². The lowest BCUT2D eigenvalue weighted by molar-refractivity contribution is 0.0521. The number of carbonyl (C=O) groups is 1. The second kappa shape index (κ2) is 5.10. The normalized spacial score (nSPS) is 9.93. The van der Waals surface area contributed by atoms with Gasteiger partial charge in [0.05, 0.1) is 12.2 Å². The van der Waals surface area contributed by atoms with Crippen LogP contribution >= 0.6 is 15.9 Å². The molecule has 0 aliphatic heterocycles. The Morgan fingerprint density at radius 2 is 2.29 bits per heavy atom. The van der Waals surface area contributed by atoms with E-state index in [-0.39, 0.29) is 12.2 Å². The second-order valence-electron chi connectivity index (χ2n) is 2.67. The summed E-state index contributed by atoms with van der Waals surface area (Å²) in [5.41, 5.74) is 0.832. The highest BCUT2D eigenvalue weighted by molar-refractivity contribution is 9.08.